The first-order chi connectivity index (χ1) is 16.1. The fourth-order valence-corrected chi connectivity index (χ4v) is 5.72. The number of nitrogens with zero attached hydrogens (tertiary/aromatic N) is 1. The van der Waals surface area contributed by atoms with E-state index in [9.17, 15) is 26.4 Å². The monoisotopic (exact) mass is 490 g/mol. The molecule has 1 atom stereocenters. The second-order valence-electron chi connectivity index (χ2n) is 8.54. The lowest BCUT2D eigenvalue weighted by molar-refractivity contribution is -0.137. The summed E-state index contributed by atoms with van der Waals surface area (Å²) in [7, 11) is -3.68. The number of rotatable bonds is 5. The molecule has 1 fully saturated rings. The Morgan fingerprint density at radius 1 is 0.971 bits per heavy atom. The van der Waals surface area contributed by atoms with Crippen molar-refractivity contribution in [2.24, 2.45) is 5.92 Å². The first kappa shape index (κ1) is 24.2. The van der Waals surface area contributed by atoms with Crippen LogP contribution in [0.15, 0.2) is 71.6 Å². The smallest absolute Gasteiger partial charge is 0.349 e. The minimum Gasteiger partial charge on any atom is -0.349 e. The maximum atomic E-state index is 13.1. The molecule has 0 radical (unpaired) electrons. The van der Waals surface area contributed by atoms with Gasteiger partial charge in [-0.1, -0.05) is 42.5 Å². The Morgan fingerprint density at radius 3 is 2.21 bits per heavy atom. The lowest BCUT2D eigenvalue weighted by Gasteiger charge is -2.31. The van der Waals surface area contributed by atoms with Crippen molar-refractivity contribution < 1.29 is 26.4 Å². The summed E-state index contributed by atoms with van der Waals surface area (Å²) in [6.45, 7) is 2.16. The predicted molar refractivity (Wildman–Crippen MR) is 123 cm³/mol. The second-order valence-corrected chi connectivity index (χ2v) is 10.5. The van der Waals surface area contributed by atoms with Gasteiger partial charge in [-0.25, -0.2) is 8.42 Å². The van der Waals surface area contributed by atoms with Crippen LogP contribution in [-0.2, 0) is 21.0 Å². The molecule has 1 heterocycles. The van der Waals surface area contributed by atoms with Crippen LogP contribution in [0.4, 0.5) is 13.2 Å². The topological polar surface area (TPSA) is 66.5 Å². The number of amides is 1. The molecule has 1 saturated heterocycles. The normalized spacial score (nSPS) is 16.9. The van der Waals surface area contributed by atoms with E-state index in [4.69, 9.17) is 0 Å². The van der Waals surface area contributed by atoms with Crippen LogP contribution >= 0.6 is 0 Å². The van der Waals surface area contributed by atoms with Crippen molar-refractivity contribution in [3.8, 4) is 0 Å². The van der Waals surface area contributed by atoms with Gasteiger partial charge in [-0.15, -0.1) is 0 Å². The van der Waals surface area contributed by atoms with Gasteiger partial charge >= 0.3 is 6.18 Å². The zero-order valence-electron chi connectivity index (χ0n) is 18.5. The molecule has 1 N–H and O–H groups in total. The second kappa shape index (κ2) is 9.38. The molecule has 1 aliphatic heterocycles. The molecule has 1 unspecified atom stereocenters. The molecule has 0 aliphatic carbocycles. The van der Waals surface area contributed by atoms with Crippen molar-refractivity contribution in [2.45, 2.75) is 36.9 Å². The first-order valence-corrected chi connectivity index (χ1v) is 12.5. The SMILES string of the molecule is CC(NC(=O)C1CCN(S(=O)(=O)c2ccc3ccccc3c2)CC1)c1ccc(C(F)(F)F)cc1. The van der Waals surface area contributed by atoms with Gasteiger partial charge in [0.05, 0.1) is 16.5 Å². The third kappa shape index (κ3) is 5.10. The van der Waals surface area contributed by atoms with Crippen LogP contribution in [0.25, 0.3) is 10.8 Å². The summed E-state index contributed by atoms with van der Waals surface area (Å²) >= 11 is 0. The van der Waals surface area contributed by atoms with Crippen LogP contribution in [-0.4, -0.2) is 31.7 Å². The molecule has 0 spiro atoms. The van der Waals surface area contributed by atoms with Crippen molar-refractivity contribution in [2.75, 3.05) is 13.1 Å². The van der Waals surface area contributed by atoms with Gasteiger partial charge in [0.15, 0.2) is 0 Å². The lowest BCUT2D eigenvalue weighted by atomic mass is 9.96. The molecule has 3 aromatic carbocycles. The zero-order chi connectivity index (χ0) is 24.5. The van der Waals surface area contributed by atoms with Gasteiger partial charge in [-0.3, -0.25) is 4.79 Å². The van der Waals surface area contributed by atoms with E-state index in [-0.39, 0.29) is 29.8 Å². The van der Waals surface area contributed by atoms with Crippen molar-refractivity contribution in [3.63, 3.8) is 0 Å². The predicted octanol–water partition coefficient (Wildman–Crippen LogP) is 5.14. The van der Waals surface area contributed by atoms with E-state index in [0.717, 1.165) is 22.9 Å². The van der Waals surface area contributed by atoms with Crippen molar-refractivity contribution in [1.29, 1.82) is 0 Å². The average molecular weight is 491 g/mol. The van der Waals surface area contributed by atoms with Crippen LogP contribution in [0.5, 0.6) is 0 Å². The van der Waals surface area contributed by atoms with E-state index in [1.165, 1.54) is 16.4 Å². The summed E-state index contributed by atoms with van der Waals surface area (Å²) in [5.41, 5.74) is -0.174. The Bertz CT molecular complexity index is 1280. The number of alkyl halides is 3. The Kier molecular flexibility index (Phi) is 6.69. The molecule has 4 rings (SSSR count). The fraction of sp³-hybridized carbons (Fsp3) is 0.320. The van der Waals surface area contributed by atoms with Gasteiger partial charge in [0, 0.05) is 19.0 Å². The van der Waals surface area contributed by atoms with Gasteiger partial charge in [-0.2, -0.15) is 17.5 Å². The minimum atomic E-state index is -4.41. The molecular weight excluding hydrogens is 465 g/mol. The Labute approximate surface area is 196 Å². The van der Waals surface area contributed by atoms with Gasteiger partial charge in [-0.05, 0) is 60.4 Å². The van der Waals surface area contributed by atoms with E-state index in [2.05, 4.69) is 5.32 Å². The number of sulfonamides is 1. The number of hydrogen-bond acceptors (Lipinski definition) is 3. The van der Waals surface area contributed by atoms with Crippen molar-refractivity contribution in [3.05, 3.63) is 77.9 Å². The molecule has 180 valence electrons. The number of nitrogens with one attached hydrogen (secondary N) is 1. The van der Waals surface area contributed by atoms with Crippen molar-refractivity contribution in [1.82, 2.24) is 9.62 Å². The molecule has 0 saturated carbocycles. The van der Waals surface area contributed by atoms with Crippen LogP contribution in [0.3, 0.4) is 0 Å². The number of carbonyl (C=O) groups is 1. The molecule has 1 amide bonds. The van der Waals surface area contributed by atoms with Crippen LogP contribution < -0.4 is 5.32 Å². The summed E-state index contributed by atoms with van der Waals surface area (Å²) in [5.74, 6) is -0.588. The Hall–Kier alpha value is -2.91. The molecule has 0 bridgehead atoms. The minimum absolute atomic E-state index is 0.224. The first-order valence-electron chi connectivity index (χ1n) is 11.0. The molecule has 5 nitrogen and oxygen atoms in total. The van der Waals surface area contributed by atoms with Crippen LogP contribution in [0, 0.1) is 5.92 Å². The molecule has 0 aromatic heterocycles. The Morgan fingerprint density at radius 2 is 1.59 bits per heavy atom. The van der Waals surface area contributed by atoms with Crippen LogP contribution in [0.1, 0.15) is 36.9 Å². The summed E-state index contributed by atoms with van der Waals surface area (Å²) < 4.78 is 65.9. The number of halogens is 3. The van der Waals surface area contributed by atoms with E-state index >= 15 is 0 Å². The molecule has 34 heavy (non-hydrogen) atoms. The van der Waals surface area contributed by atoms with E-state index < -0.39 is 27.8 Å². The Balaban J connectivity index is 1.36. The highest BCUT2D eigenvalue weighted by molar-refractivity contribution is 7.89. The maximum Gasteiger partial charge on any atom is 0.416 e. The summed E-state index contributed by atoms with van der Waals surface area (Å²) in [5, 5.41) is 4.64. The van der Waals surface area contributed by atoms with Crippen molar-refractivity contribution >= 4 is 26.7 Å². The number of carbonyl (C=O) groups excluding carboxylic acids is 1. The third-order valence-electron chi connectivity index (χ3n) is 6.28. The summed E-state index contributed by atoms with van der Waals surface area (Å²) in [6, 6.07) is 16.8. The highest BCUT2D eigenvalue weighted by Crippen LogP contribution is 2.30. The highest BCUT2D eigenvalue weighted by Gasteiger charge is 2.33. The summed E-state index contributed by atoms with van der Waals surface area (Å²) in [4.78, 5) is 12.9. The van der Waals surface area contributed by atoms with E-state index in [0.29, 0.717) is 18.4 Å². The standard InChI is InChI=1S/C25H25F3N2O3S/c1-17(18-6-9-22(10-7-18)25(26,27)28)29-24(31)20-12-14-30(15-13-20)34(32,33)23-11-8-19-4-2-3-5-21(19)16-23/h2-11,16-17,20H,12-15H2,1H3,(H,29,31). The summed E-state index contributed by atoms with van der Waals surface area (Å²) in [6.07, 6.45) is -3.66. The zero-order valence-corrected chi connectivity index (χ0v) is 19.4. The molecular formula is C25H25F3N2O3S. The quantitative estimate of drug-likeness (QED) is 0.539. The lowest BCUT2D eigenvalue weighted by Crippen LogP contribution is -2.43. The fourth-order valence-electron chi connectivity index (χ4n) is 4.21. The van der Waals surface area contributed by atoms with E-state index in [1.54, 1.807) is 25.1 Å². The van der Waals surface area contributed by atoms with Gasteiger partial charge in [0.2, 0.25) is 15.9 Å². The van der Waals surface area contributed by atoms with Crippen LogP contribution in [0.2, 0.25) is 0 Å². The maximum absolute atomic E-state index is 13.1. The molecule has 1 aliphatic rings. The molecule has 3 aromatic rings. The average Bonchev–Trinajstić information content (AvgIpc) is 2.83. The van der Waals surface area contributed by atoms with E-state index in [1.807, 2.05) is 24.3 Å². The number of fused-ring (bicyclic) bond motifs is 1. The highest BCUT2D eigenvalue weighted by atomic mass is 32.2. The third-order valence-corrected chi connectivity index (χ3v) is 8.17. The largest absolute Gasteiger partial charge is 0.416 e. The molecule has 9 heteroatoms. The van der Waals surface area contributed by atoms with Gasteiger partial charge in [0.25, 0.3) is 0 Å². The number of piperidine rings is 1. The number of benzene rings is 3. The number of hydrogen-bond donors (Lipinski definition) is 1. The van der Waals surface area contributed by atoms with Gasteiger partial charge in [0.1, 0.15) is 0 Å². The van der Waals surface area contributed by atoms with Gasteiger partial charge < -0.3 is 5.32 Å².